The van der Waals surface area contributed by atoms with Gasteiger partial charge in [0.15, 0.2) is 0 Å². The first kappa shape index (κ1) is 47.3. The zero-order chi connectivity index (χ0) is 44.3. The van der Waals surface area contributed by atoms with Crippen LogP contribution in [0.25, 0.3) is 0 Å². The van der Waals surface area contributed by atoms with Crippen molar-refractivity contribution in [2.75, 3.05) is 71.1 Å². The van der Waals surface area contributed by atoms with Crippen molar-refractivity contribution in [1.29, 1.82) is 0 Å². The maximum absolute atomic E-state index is 14.3. The molecule has 0 atom stereocenters. The van der Waals surface area contributed by atoms with Crippen LogP contribution in [0.15, 0.2) is 0 Å². The van der Waals surface area contributed by atoms with E-state index in [4.69, 9.17) is 37.9 Å². The molecule has 0 aromatic heterocycles. The number of ether oxygens (including phenoxy) is 10. The Balaban J connectivity index is 3.31. The first-order valence-electron chi connectivity index (χ1n) is 15.1. The van der Waals surface area contributed by atoms with Crippen molar-refractivity contribution < 1.29 is 105 Å². The quantitative estimate of drug-likeness (QED) is 0.167. The summed E-state index contributed by atoms with van der Waals surface area (Å²) in [5.74, 6) is -15.7. The SMILES string of the molecule is COC(=O)c1c(C(=O)OC)c(C(=O)OC)c(C(=O)SSC(=O)c2c(C(=O)OC)c(C(=O)OC)c(C(=O)OC)c(C(=O)OC)c2C(=O)OC)c(C(=O)OC)c1C(=O)OC. The van der Waals surface area contributed by atoms with Crippen molar-refractivity contribution in [1.82, 2.24) is 0 Å². The van der Waals surface area contributed by atoms with Crippen molar-refractivity contribution in [2.24, 2.45) is 0 Å². The Morgan fingerprint density at radius 1 is 0.224 bits per heavy atom. The average Bonchev–Trinajstić information content (AvgIpc) is 3.25. The Morgan fingerprint density at radius 3 is 0.431 bits per heavy atom. The molecule has 2 aromatic carbocycles. The topological polar surface area (TPSA) is 297 Å². The number of methoxy groups -OCH3 is 10. The monoisotopic (exact) mass is 854 g/mol. The van der Waals surface area contributed by atoms with Gasteiger partial charge < -0.3 is 47.4 Å². The molecule has 0 saturated heterocycles. The summed E-state index contributed by atoms with van der Waals surface area (Å²) in [7, 11) is 7.23. The summed E-state index contributed by atoms with van der Waals surface area (Å²) in [5.41, 5.74) is -14.1. The molecule has 0 aliphatic rings. The van der Waals surface area contributed by atoms with Crippen LogP contribution in [0.1, 0.15) is 124 Å². The molecule has 0 heterocycles. The molecule has 2 rings (SSSR count). The van der Waals surface area contributed by atoms with Crippen molar-refractivity contribution in [2.45, 2.75) is 0 Å². The minimum Gasteiger partial charge on any atom is -0.465 e. The minimum atomic E-state index is -1.60. The summed E-state index contributed by atoms with van der Waals surface area (Å²) in [4.78, 5) is 161. The fourth-order valence-corrected chi connectivity index (χ4v) is 6.81. The Hall–Kier alpha value is -6.82. The summed E-state index contributed by atoms with van der Waals surface area (Å²) >= 11 is 0. The van der Waals surface area contributed by atoms with E-state index < -0.39 is 137 Å². The lowest BCUT2D eigenvalue weighted by Crippen LogP contribution is -2.30. The molecule has 0 unspecified atom stereocenters. The molecule has 0 aliphatic carbocycles. The maximum Gasteiger partial charge on any atom is 0.339 e. The van der Waals surface area contributed by atoms with Crippen LogP contribution in [0.4, 0.5) is 0 Å². The molecule has 0 bridgehead atoms. The third-order valence-corrected chi connectivity index (χ3v) is 9.45. The number of carbonyl (C=O) groups is 12. The Kier molecular flexibility index (Phi) is 16.6. The number of hydrogen-bond donors (Lipinski definition) is 0. The molecule has 0 spiro atoms. The van der Waals surface area contributed by atoms with Crippen molar-refractivity contribution in [3.63, 3.8) is 0 Å². The van der Waals surface area contributed by atoms with Gasteiger partial charge in [0, 0.05) is 0 Å². The summed E-state index contributed by atoms with van der Waals surface area (Å²) < 4.78 is 47.1. The van der Waals surface area contributed by atoms with Gasteiger partial charge in [-0.15, -0.1) is 0 Å². The predicted octanol–water partition coefficient (Wildman–Crippen LogP) is 1.91. The van der Waals surface area contributed by atoms with E-state index >= 15 is 0 Å². The molecule has 310 valence electrons. The molecule has 0 fully saturated rings. The van der Waals surface area contributed by atoms with Gasteiger partial charge in [-0.1, -0.05) is 0 Å². The van der Waals surface area contributed by atoms with Crippen LogP contribution in [0.3, 0.4) is 0 Å². The van der Waals surface area contributed by atoms with Crippen LogP contribution in [-0.2, 0) is 47.4 Å². The van der Waals surface area contributed by atoms with E-state index in [0.717, 1.165) is 71.1 Å². The zero-order valence-electron chi connectivity index (χ0n) is 31.8. The summed E-state index contributed by atoms with van der Waals surface area (Å²) in [6.07, 6.45) is 0. The standard InChI is InChI=1S/C34H30O22S2/c1-47-23(35)11-13(25(37)49-3)17(29(41)53-7)21(18(30(42)54-8)14(11)26(38)50-4)33(45)57-58-34(46)22-19(31(43)55-9)15(27(39)51-5)12(24(36)48-2)16(28(40)52-6)20(22)32(44)56-10/h1-10H3. The summed E-state index contributed by atoms with van der Waals surface area (Å²) in [6, 6.07) is 0. The molecule has 2 aromatic rings. The van der Waals surface area contributed by atoms with Gasteiger partial charge in [0.2, 0.25) is 10.2 Å². The molecular formula is C34H30O22S2. The van der Waals surface area contributed by atoms with Gasteiger partial charge in [-0.25, -0.2) is 47.9 Å². The lowest BCUT2D eigenvalue weighted by atomic mass is 9.86. The smallest absolute Gasteiger partial charge is 0.339 e. The normalized spacial score (nSPS) is 10.2. The van der Waals surface area contributed by atoms with E-state index in [1.165, 1.54) is 0 Å². The number of hydrogen-bond acceptors (Lipinski definition) is 24. The summed E-state index contributed by atoms with van der Waals surface area (Å²) in [5, 5.41) is -3.17. The molecule has 58 heavy (non-hydrogen) atoms. The molecule has 0 saturated carbocycles. The maximum atomic E-state index is 14.3. The molecule has 22 nitrogen and oxygen atoms in total. The van der Waals surface area contributed by atoms with Gasteiger partial charge in [0.05, 0.1) is 138 Å². The number of benzene rings is 2. The fraction of sp³-hybridized carbons (Fsp3) is 0.294. The van der Waals surface area contributed by atoms with Crippen molar-refractivity contribution in [3.8, 4) is 0 Å². The minimum absolute atomic E-state index is 0.232. The highest BCUT2D eigenvalue weighted by atomic mass is 33.1. The third-order valence-electron chi connectivity index (χ3n) is 7.50. The van der Waals surface area contributed by atoms with E-state index in [9.17, 15) is 57.5 Å². The predicted molar refractivity (Wildman–Crippen MR) is 190 cm³/mol. The van der Waals surface area contributed by atoms with Crippen molar-refractivity contribution >= 4 is 91.5 Å². The highest BCUT2D eigenvalue weighted by Crippen LogP contribution is 2.41. The van der Waals surface area contributed by atoms with E-state index in [1.54, 1.807) is 0 Å². The van der Waals surface area contributed by atoms with E-state index in [1.807, 2.05) is 0 Å². The van der Waals surface area contributed by atoms with Crippen molar-refractivity contribution in [3.05, 3.63) is 66.8 Å². The zero-order valence-corrected chi connectivity index (χ0v) is 33.4. The lowest BCUT2D eigenvalue weighted by molar-refractivity contribution is 0.0508. The van der Waals surface area contributed by atoms with Crippen LogP contribution >= 0.6 is 21.6 Å². The summed E-state index contributed by atoms with van der Waals surface area (Å²) in [6.45, 7) is 0. The number of carbonyl (C=O) groups excluding carboxylic acids is 12. The van der Waals surface area contributed by atoms with Gasteiger partial charge in [-0.2, -0.15) is 0 Å². The van der Waals surface area contributed by atoms with Crippen LogP contribution in [0, 0.1) is 0 Å². The van der Waals surface area contributed by atoms with E-state index in [-0.39, 0.29) is 21.6 Å². The number of esters is 10. The second-order valence-corrected chi connectivity index (χ2v) is 12.2. The fourth-order valence-electron chi connectivity index (χ4n) is 5.13. The molecule has 0 radical (unpaired) electrons. The van der Waals surface area contributed by atoms with Gasteiger partial charge in [0.1, 0.15) is 0 Å². The highest BCUT2D eigenvalue weighted by molar-refractivity contribution is 8.87. The third kappa shape index (κ3) is 8.76. The average molecular weight is 855 g/mol. The van der Waals surface area contributed by atoms with Crippen LogP contribution in [0.5, 0.6) is 0 Å². The van der Waals surface area contributed by atoms with Crippen LogP contribution < -0.4 is 0 Å². The Morgan fingerprint density at radius 2 is 0.328 bits per heavy atom. The van der Waals surface area contributed by atoms with Crippen LogP contribution in [0.2, 0.25) is 0 Å². The lowest BCUT2D eigenvalue weighted by Gasteiger charge is -2.21. The van der Waals surface area contributed by atoms with E-state index in [0.29, 0.717) is 0 Å². The first-order chi connectivity index (χ1) is 27.4. The van der Waals surface area contributed by atoms with Crippen LogP contribution in [-0.4, -0.2) is 141 Å². The number of rotatable bonds is 12. The van der Waals surface area contributed by atoms with E-state index in [2.05, 4.69) is 9.47 Å². The second-order valence-electron chi connectivity index (χ2n) is 10.2. The largest absolute Gasteiger partial charge is 0.465 e. The van der Waals surface area contributed by atoms with Gasteiger partial charge >= 0.3 is 59.7 Å². The second kappa shape index (κ2) is 20.4. The Labute approximate surface area is 333 Å². The highest BCUT2D eigenvalue weighted by Gasteiger charge is 2.45. The van der Waals surface area contributed by atoms with Gasteiger partial charge in [0.25, 0.3) is 0 Å². The first-order valence-corrected chi connectivity index (χ1v) is 17.3. The molecule has 24 heteroatoms. The molecule has 0 aliphatic heterocycles. The molecule has 0 amide bonds. The Bertz CT molecular complexity index is 1900. The van der Waals surface area contributed by atoms with Gasteiger partial charge in [-0.3, -0.25) is 9.59 Å². The van der Waals surface area contributed by atoms with Gasteiger partial charge in [-0.05, 0) is 21.6 Å². The molecular weight excluding hydrogens is 824 g/mol. The molecule has 0 N–H and O–H groups in total.